The Morgan fingerprint density at radius 1 is 1.44 bits per heavy atom. The van der Waals surface area contributed by atoms with Gasteiger partial charge in [-0.2, -0.15) is 6.41 Å². The van der Waals surface area contributed by atoms with Crippen LogP contribution >= 0.6 is 0 Å². The number of carboxylic acid groups (broad SMARTS) is 1. The van der Waals surface area contributed by atoms with Crippen LogP contribution in [0.3, 0.4) is 0 Å². The van der Waals surface area contributed by atoms with Crippen LogP contribution in [0.15, 0.2) is 24.3 Å². The SMILES string of the molecule is Cc1ccc(CC(N[C-]=O)C(=O)O)cc1.[Fm]. The summed E-state index contributed by atoms with van der Waals surface area (Å²) in [5.74, 6) is -1.06. The minimum Gasteiger partial charge on any atom is -0.520 e. The van der Waals surface area contributed by atoms with Crippen molar-refractivity contribution in [1.29, 1.82) is 0 Å². The predicted molar refractivity (Wildman–Crippen MR) is 55.1 cm³/mol. The third-order valence-electron chi connectivity index (χ3n) is 2.09. The van der Waals surface area contributed by atoms with Crippen LogP contribution < -0.4 is 5.32 Å². The first-order chi connectivity index (χ1) is 7.13. The van der Waals surface area contributed by atoms with E-state index in [1.807, 2.05) is 31.2 Å². The molecule has 0 aliphatic rings. The molecule has 92 valence electrons. The normalized spacial score (nSPS) is 11.1. The summed E-state index contributed by atoms with van der Waals surface area (Å²) in [6.45, 7) is 1.95. The maximum atomic E-state index is 10.7. The largest absolute Gasteiger partial charge is 0.520 e. The van der Waals surface area contributed by atoms with E-state index < -0.39 is 12.0 Å². The summed E-state index contributed by atoms with van der Waals surface area (Å²) in [6, 6.07) is 6.58. The predicted octanol–water partition coefficient (Wildman–Crippen LogP) is 0.648. The van der Waals surface area contributed by atoms with E-state index in [4.69, 9.17) is 5.11 Å². The van der Waals surface area contributed by atoms with Crippen molar-refractivity contribution in [2.75, 3.05) is 0 Å². The minimum absolute atomic E-state index is 0. The number of carboxylic acids is 1. The van der Waals surface area contributed by atoms with Gasteiger partial charge in [-0.25, -0.2) is 0 Å². The van der Waals surface area contributed by atoms with Gasteiger partial charge in [0.25, 0.3) is 0 Å². The first-order valence-electron chi connectivity index (χ1n) is 4.54. The molecule has 0 bridgehead atoms. The number of carbonyl (C=O) groups excluding carboxylic acids is 1. The van der Waals surface area contributed by atoms with Crippen molar-refractivity contribution >= 4 is 12.4 Å². The van der Waals surface area contributed by atoms with Crippen molar-refractivity contribution in [3.05, 3.63) is 35.4 Å². The van der Waals surface area contributed by atoms with Crippen LogP contribution in [0, 0.1) is 6.92 Å². The molecule has 1 atom stereocenters. The van der Waals surface area contributed by atoms with Gasteiger partial charge in [0, 0.05) is 6.42 Å². The smallest absolute Gasteiger partial charge is 0.323 e. The van der Waals surface area contributed by atoms with Crippen molar-refractivity contribution in [1.82, 2.24) is 5.32 Å². The molecule has 1 aromatic rings. The van der Waals surface area contributed by atoms with E-state index in [0.717, 1.165) is 11.1 Å². The zero-order valence-electron chi connectivity index (χ0n) is 8.65. The fourth-order valence-electron chi connectivity index (χ4n) is 1.23. The summed E-state index contributed by atoms with van der Waals surface area (Å²) in [6.07, 6.45) is 1.67. The summed E-state index contributed by atoms with van der Waals surface area (Å²) in [5, 5.41) is 10.9. The van der Waals surface area contributed by atoms with Gasteiger partial charge in [-0.3, -0.25) is 4.79 Å². The molecule has 1 aromatic carbocycles. The Kier molecular flexibility index (Phi) is 4.77. The number of aliphatic carboxylic acids is 1. The Hall–Kier alpha value is -2.84. The van der Waals surface area contributed by atoms with Crippen LogP contribution in [-0.4, -0.2) is 23.5 Å². The minimum atomic E-state index is -1.06. The van der Waals surface area contributed by atoms with Gasteiger partial charge < -0.3 is 15.2 Å². The molecule has 0 aromatic heterocycles. The third-order valence-corrected chi connectivity index (χ3v) is 2.09. The number of rotatable bonds is 5. The molecule has 5 heteroatoms. The van der Waals surface area contributed by atoms with Crippen molar-refractivity contribution in [2.24, 2.45) is 0 Å². The maximum absolute atomic E-state index is 10.7. The van der Waals surface area contributed by atoms with Gasteiger partial charge in [-0.15, -0.1) is 0 Å². The zero-order valence-corrected chi connectivity index (χ0v) is 11.1. The summed E-state index contributed by atoms with van der Waals surface area (Å²) >= 11 is 0. The van der Waals surface area contributed by atoms with Crippen LogP contribution in [0.1, 0.15) is 11.1 Å². The van der Waals surface area contributed by atoms with Crippen LogP contribution in [-0.2, 0) is 16.0 Å². The molecule has 0 aliphatic carbocycles. The maximum Gasteiger partial charge on any atom is 0.323 e. The summed E-state index contributed by atoms with van der Waals surface area (Å²) in [4.78, 5) is 20.8. The molecule has 16 heavy (non-hydrogen) atoms. The monoisotopic (exact) mass is 463 g/mol. The standard InChI is InChI=1S/C11H12NO3.Fm/c1-8-2-4-9(5-3-8)6-10(11(14)15)12-7-13;/h2-5,10H,6H2,1H3,(H,12,13)(H,14,15);/q-1;. The van der Waals surface area contributed by atoms with Crippen LogP contribution in [0.2, 0.25) is 0 Å². The average Bonchev–Trinajstić information content (AvgIpc) is 2.20. The van der Waals surface area contributed by atoms with Crippen LogP contribution in [0.5, 0.6) is 0 Å². The Morgan fingerprint density at radius 3 is 2.44 bits per heavy atom. The Bertz CT molecular complexity index is 351. The second-order valence-electron chi connectivity index (χ2n) is 3.33. The van der Waals surface area contributed by atoms with Gasteiger partial charge in [0.2, 0.25) is 0 Å². The fourth-order valence-corrected chi connectivity index (χ4v) is 1.23. The molecule has 2 N–H and O–H groups in total. The summed E-state index contributed by atoms with van der Waals surface area (Å²) in [5.41, 5.74) is 1.98. The summed E-state index contributed by atoms with van der Waals surface area (Å²) in [7, 11) is 0. The first-order valence-corrected chi connectivity index (χ1v) is 4.54. The summed E-state index contributed by atoms with van der Waals surface area (Å²) < 4.78 is 0. The number of hydrogen-bond donors (Lipinski definition) is 2. The van der Waals surface area contributed by atoms with E-state index in [9.17, 15) is 9.59 Å². The van der Waals surface area contributed by atoms with E-state index in [0.29, 0.717) is 0 Å². The topological polar surface area (TPSA) is 66.4 Å². The molecular weight excluding hydrogens is 451 g/mol. The second-order valence-corrected chi connectivity index (χ2v) is 3.33. The number of carbonyl (C=O) groups is 1. The van der Waals surface area contributed by atoms with E-state index in [1.165, 1.54) is 6.41 Å². The molecule has 1 rings (SSSR count). The molecular formula is C11H12FmNO3-. The molecule has 0 radical (unpaired) electrons. The number of amides is 1. The van der Waals surface area contributed by atoms with Gasteiger partial charge in [0.05, 0.1) is 0 Å². The Morgan fingerprint density at radius 2 is 2.00 bits per heavy atom. The van der Waals surface area contributed by atoms with Gasteiger partial charge in [-0.1, -0.05) is 29.8 Å². The first kappa shape index (κ1) is 13.2. The third kappa shape index (κ3) is 3.49. The van der Waals surface area contributed by atoms with E-state index in [1.54, 1.807) is 0 Å². The number of benzene rings is 1. The molecule has 0 saturated carbocycles. The molecule has 0 aliphatic heterocycles. The molecule has 1 unspecified atom stereocenters. The van der Waals surface area contributed by atoms with Gasteiger partial charge in [-0.05, 0) is 12.5 Å². The van der Waals surface area contributed by atoms with E-state index in [2.05, 4.69) is 5.32 Å². The molecule has 0 saturated heterocycles. The number of aryl methyl sites for hydroxylation is 1. The quantitative estimate of drug-likeness (QED) is 0.498. The molecule has 0 fully saturated rings. The molecule has 0 spiro atoms. The fraction of sp³-hybridized carbons (Fsp3) is 0.273. The average molecular weight is 463 g/mol. The molecule has 0 heterocycles. The Labute approximate surface area is 87.9 Å². The van der Waals surface area contributed by atoms with Crippen molar-refractivity contribution in [3.63, 3.8) is 0 Å². The van der Waals surface area contributed by atoms with Gasteiger partial charge in [0.15, 0.2) is 0 Å². The second kappa shape index (κ2) is 5.80. The van der Waals surface area contributed by atoms with Gasteiger partial charge >= 0.3 is 5.97 Å². The number of nitrogens with one attached hydrogen (secondary N) is 1. The zero-order chi connectivity index (χ0) is 11.3. The van der Waals surface area contributed by atoms with Crippen LogP contribution in [0.4, 0.5) is 0 Å². The van der Waals surface area contributed by atoms with Crippen LogP contribution in [0.25, 0.3) is 0 Å². The van der Waals surface area contributed by atoms with Gasteiger partial charge in [0.1, 0.15) is 6.04 Å². The van der Waals surface area contributed by atoms with Crippen molar-refractivity contribution in [2.45, 2.75) is 19.4 Å². The van der Waals surface area contributed by atoms with Crippen molar-refractivity contribution in [3.8, 4) is 0 Å². The molecule has 1 amide bonds. The number of hydrogen-bond acceptors (Lipinski definition) is 2. The van der Waals surface area contributed by atoms with E-state index >= 15 is 0 Å². The molecule has 4 nitrogen and oxygen atoms in total. The van der Waals surface area contributed by atoms with Crippen molar-refractivity contribution < 1.29 is 14.7 Å². The van der Waals surface area contributed by atoms with E-state index in [-0.39, 0.29) is 6.42 Å². The Balaban J connectivity index is 0.00000225.